The minimum absolute atomic E-state index is 0.0122. The molecule has 1 aliphatic carbocycles. The standard InChI is InChI=1S/C14H17BrN2O4/c1-9-11(17(20)21)7-16(14(19)13(9)15)8-12(18)10-5-3-2-4-6-10/h7,10H,2-6,8H2,1H3. The number of pyridine rings is 1. The molecule has 0 aliphatic heterocycles. The Morgan fingerprint density at radius 1 is 1.43 bits per heavy atom. The number of Topliss-reactive ketones (excluding diaryl/α,β-unsaturated/α-hetero) is 1. The van der Waals surface area contributed by atoms with Crippen molar-refractivity contribution in [1.82, 2.24) is 4.57 Å². The molecule has 0 saturated heterocycles. The first-order valence-corrected chi connectivity index (χ1v) is 7.77. The average molecular weight is 357 g/mol. The van der Waals surface area contributed by atoms with Crippen LogP contribution in [0.25, 0.3) is 0 Å². The summed E-state index contributed by atoms with van der Waals surface area (Å²) in [6.07, 6.45) is 6.08. The maximum absolute atomic E-state index is 12.3. The molecule has 0 radical (unpaired) electrons. The van der Waals surface area contributed by atoms with Crippen molar-refractivity contribution in [2.75, 3.05) is 0 Å². The van der Waals surface area contributed by atoms with Gasteiger partial charge >= 0.3 is 0 Å². The molecule has 0 atom stereocenters. The van der Waals surface area contributed by atoms with E-state index in [2.05, 4.69) is 15.9 Å². The van der Waals surface area contributed by atoms with Gasteiger partial charge in [0.05, 0.1) is 22.1 Å². The van der Waals surface area contributed by atoms with Crippen LogP contribution < -0.4 is 5.56 Å². The molecule has 0 aromatic carbocycles. The highest BCUT2D eigenvalue weighted by molar-refractivity contribution is 9.10. The monoisotopic (exact) mass is 356 g/mol. The Balaban J connectivity index is 2.29. The van der Waals surface area contributed by atoms with E-state index in [9.17, 15) is 19.7 Å². The summed E-state index contributed by atoms with van der Waals surface area (Å²) in [6.45, 7) is 1.42. The third kappa shape index (κ3) is 3.40. The number of halogens is 1. The Bertz CT molecular complexity index is 633. The first kappa shape index (κ1) is 15.9. The lowest BCUT2D eigenvalue weighted by Crippen LogP contribution is -2.29. The van der Waals surface area contributed by atoms with Crippen molar-refractivity contribution in [3.63, 3.8) is 0 Å². The molecule has 1 saturated carbocycles. The average Bonchev–Trinajstić information content (AvgIpc) is 2.48. The van der Waals surface area contributed by atoms with Crippen LogP contribution in [0.1, 0.15) is 37.7 Å². The zero-order chi connectivity index (χ0) is 15.6. The fraction of sp³-hybridized carbons (Fsp3) is 0.571. The second-order valence-corrected chi connectivity index (χ2v) is 6.24. The van der Waals surface area contributed by atoms with Crippen molar-refractivity contribution in [1.29, 1.82) is 0 Å². The summed E-state index contributed by atoms with van der Waals surface area (Å²) in [7, 11) is 0. The van der Waals surface area contributed by atoms with Crippen molar-refractivity contribution in [2.24, 2.45) is 5.92 Å². The number of hydrogen-bond acceptors (Lipinski definition) is 4. The number of ketones is 1. The third-order valence-electron chi connectivity index (χ3n) is 4.02. The van der Waals surface area contributed by atoms with E-state index in [-0.39, 0.29) is 34.0 Å². The maximum Gasteiger partial charge on any atom is 0.289 e. The van der Waals surface area contributed by atoms with Gasteiger partial charge in [0.25, 0.3) is 11.2 Å². The zero-order valence-corrected chi connectivity index (χ0v) is 13.4. The lowest BCUT2D eigenvalue weighted by molar-refractivity contribution is -0.386. The summed E-state index contributed by atoms with van der Waals surface area (Å²) in [5.41, 5.74) is -0.272. The van der Waals surface area contributed by atoms with Crippen LogP contribution in [0.15, 0.2) is 15.5 Å². The van der Waals surface area contributed by atoms with Gasteiger partial charge in [-0.3, -0.25) is 19.7 Å². The quantitative estimate of drug-likeness (QED) is 0.613. The highest BCUT2D eigenvalue weighted by atomic mass is 79.9. The minimum Gasteiger partial charge on any atom is -0.300 e. The van der Waals surface area contributed by atoms with Crippen molar-refractivity contribution in [3.05, 3.63) is 36.7 Å². The number of carbonyl (C=O) groups is 1. The van der Waals surface area contributed by atoms with E-state index in [1.807, 2.05) is 0 Å². The Hall–Kier alpha value is -1.50. The van der Waals surface area contributed by atoms with E-state index >= 15 is 0 Å². The molecule has 1 heterocycles. The maximum atomic E-state index is 12.3. The summed E-state index contributed by atoms with van der Waals surface area (Å²) < 4.78 is 1.29. The molecule has 0 N–H and O–H groups in total. The molecular formula is C14H17BrN2O4. The number of nitro groups is 1. The molecule has 0 spiro atoms. The van der Waals surface area contributed by atoms with Crippen LogP contribution in [0.2, 0.25) is 0 Å². The largest absolute Gasteiger partial charge is 0.300 e. The van der Waals surface area contributed by atoms with Gasteiger partial charge in [0.1, 0.15) is 0 Å². The van der Waals surface area contributed by atoms with Gasteiger partial charge < -0.3 is 4.57 Å². The van der Waals surface area contributed by atoms with Crippen molar-refractivity contribution in [3.8, 4) is 0 Å². The van der Waals surface area contributed by atoms with Gasteiger partial charge in [-0.15, -0.1) is 0 Å². The van der Waals surface area contributed by atoms with Crippen molar-refractivity contribution >= 4 is 27.4 Å². The van der Waals surface area contributed by atoms with Gasteiger partial charge in [-0.25, -0.2) is 0 Å². The molecule has 1 aromatic rings. The van der Waals surface area contributed by atoms with Crippen LogP contribution in [0, 0.1) is 23.0 Å². The van der Waals surface area contributed by atoms with Gasteiger partial charge in [0.15, 0.2) is 5.78 Å². The fourth-order valence-electron chi connectivity index (χ4n) is 2.73. The SMILES string of the molecule is Cc1c([N+](=O)[O-])cn(CC(=O)C2CCCCC2)c(=O)c1Br. The second kappa shape index (κ2) is 6.51. The van der Waals surface area contributed by atoms with E-state index in [1.165, 1.54) is 13.1 Å². The van der Waals surface area contributed by atoms with Crippen molar-refractivity contribution < 1.29 is 9.72 Å². The van der Waals surface area contributed by atoms with E-state index in [1.54, 1.807) is 0 Å². The van der Waals surface area contributed by atoms with E-state index < -0.39 is 10.5 Å². The number of aromatic nitrogens is 1. The summed E-state index contributed by atoms with van der Waals surface area (Å²) in [6, 6.07) is 0. The molecule has 1 aliphatic rings. The Kier molecular flexibility index (Phi) is 4.92. The van der Waals surface area contributed by atoms with Crippen LogP contribution in [-0.2, 0) is 11.3 Å². The van der Waals surface area contributed by atoms with Crippen LogP contribution >= 0.6 is 15.9 Å². The summed E-state index contributed by atoms with van der Waals surface area (Å²) in [5.74, 6) is -0.0355. The smallest absolute Gasteiger partial charge is 0.289 e. The van der Waals surface area contributed by atoms with Crippen LogP contribution in [0.4, 0.5) is 5.69 Å². The van der Waals surface area contributed by atoms with Gasteiger partial charge in [-0.2, -0.15) is 0 Å². The van der Waals surface area contributed by atoms with Gasteiger partial charge in [-0.05, 0) is 35.7 Å². The molecular weight excluding hydrogens is 340 g/mol. The van der Waals surface area contributed by atoms with E-state index in [0.717, 1.165) is 36.7 Å². The number of nitrogens with zero attached hydrogens (tertiary/aromatic N) is 2. The predicted octanol–water partition coefficient (Wildman–Crippen LogP) is 2.98. The van der Waals surface area contributed by atoms with Crippen molar-refractivity contribution in [2.45, 2.75) is 45.6 Å². The number of rotatable bonds is 4. The molecule has 1 fully saturated rings. The summed E-state index contributed by atoms with van der Waals surface area (Å²) >= 11 is 3.09. The topological polar surface area (TPSA) is 82.2 Å². The fourth-order valence-corrected chi connectivity index (χ4v) is 3.16. The van der Waals surface area contributed by atoms with Crippen LogP contribution in [0.5, 0.6) is 0 Å². The predicted molar refractivity (Wildman–Crippen MR) is 81.4 cm³/mol. The molecule has 0 unspecified atom stereocenters. The van der Waals surface area contributed by atoms with Gasteiger partial charge in [0, 0.05) is 11.5 Å². The first-order valence-electron chi connectivity index (χ1n) is 6.98. The lowest BCUT2D eigenvalue weighted by Gasteiger charge is -2.20. The number of carbonyl (C=O) groups excluding carboxylic acids is 1. The minimum atomic E-state index is -0.541. The molecule has 7 heteroatoms. The molecule has 1 aromatic heterocycles. The van der Waals surface area contributed by atoms with E-state index in [0.29, 0.717) is 0 Å². The van der Waals surface area contributed by atoms with Crippen LogP contribution in [0.3, 0.4) is 0 Å². The Morgan fingerprint density at radius 3 is 2.62 bits per heavy atom. The van der Waals surface area contributed by atoms with Gasteiger partial charge in [-0.1, -0.05) is 19.3 Å². The first-order chi connectivity index (χ1) is 9.91. The lowest BCUT2D eigenvalue weighted by atomic mass is 9.86. The normalized spacial score (nSPS) is 15.9. The summed E-state index contributed by atoms with van der Waals surface area (Å²) in [4.78, 5) is 34.8. The van der Waals surface area contributed by atoms with Gasteiger partial charge in [0.2, 0.25) is 0 Å². The highest BCUT2D eigenvalue weighted by Gasteiger charge is 2.24. The summed E-state index contributed by atoms with van der Waals surface area (Å²) in [5, 5.41) is 11.0. The zero-order valence-electron chi connectivity index (χ0n) is 11.8. The molecule has 0 bridgehead atoms. The molecule has 2 rings (SSSR count). The molecule has 6 nitrogen and oxygen atoms in total. The number of hydrogen-bond donors (Lipinski definition) is 0. The van der Waals surface area contributed by atoms with E-state index in [4.69, 9.17) is 0 Å². The third-order valence-corrected chi connectivity index (χ3v) is 4.96. The molecule has 21 heavy (non-hydrogen) atoms. The van der Waals surface area contributed by atoms with Crippen LogP contribution in [-0.4, -0.2) is 15.3 Å². The highest BCUT2D eigenvalue weighted by Crippen LogP contribution is 2.26. The Labute approximate surface area is 130 Å². The Morgan fingerprint density at radius 2 is 2.05 bits per heavy atom. The molecule has 0 amide bonds. The molecule has 114 valence electrons. The second-order valence-electron chi connectivity index (χ2n) is 5.44.